The summed E-state index contributed by atoms with van der Waals surface area (Å²) in [6.07, 6.45) is 6.62. The van der Waals surface area contributed by atoms with Crippen LogP contribution < -0.4 is 10.9 Å². The number of para-hydroxylation sites is 1. The van der Waals surface area contributed by atoms with E-state index < -0.39 is 0 Å². The zero-order valence-electron chi connectivity index (χ0n) is 17.9. The van der Waals surface area contributed by atoms with Crippen molar-refractivity contribution in [3.63, 3.8) is 0 Å². The number of carbonyl (C=O) groups is 1. The molecule has 4 fully saturated rings. The number of anilines is 1. The second kappa shape index (κ2) is 5.87. The molecular weight excluding hydrogens is 362 g/mol. The number of hydrogen-bond acceptors (Lipinski definition) is 2. The number of amides is 1. The molecule has 0 radical (unpaired) electrons. The molecule has 1 N–H and O–H groups in total. The van der Waals surface area contributed by atoms with Gasteiger partial charge < -0.3 is 5.32 Å². The summed E-state index contributed by atoms with van der Waals surface area (Å²) in [6.45, 7) is 6.64. The van der Waals surface area contributed by atoms with E-state index in [-0.39, 0.29) is 27.7 Å². The van der Waals surface area contributed by atoms with Gasteiger partial charge in [-0.3, -0.25) is 14.3 Å². The molecule has 0 aliphatic heterocycles. The van der Waals surface area contributed by atoms with Crippen molar-refractivity contribution >= 4 is 11.6 Å². The van der Waals surface area contributed by atoms with E-state index in [1.54, 1.807) is 4.68 Å². The van der Waals surface area contributed by atoms with Crippen LogP contribution in [0.2, 0.25) is 0 Å². The fraction of sp³-hybridized carbons (Fsp3) is 0.583. The first-order chi connectivity index (χ1) is 13.6. The molecular formula is C24H31N3O2. The highest BCUT2D eigenvalue weighted by Gasteiger charge is 2.62. The zero-order valence-corrected chi connectivity index (χ0v) is 17.9. The van der Waals surface area contributed by atoms with E-state index in [0.717, 1.165) is 30.6 Å². The van der Waals surface area contributed by atoms with E-state index >= 15 is 0 Å². The highest BCUT2D eigenvalue weighted by atomic mass is 16.2. The molecule has 5 nitrogen and oxygen atoms in total. The molecule has 2 atom stereocenters. The summed E-state index contributed by atoms with van der Waals surface area (Å²) in [5.41, 5.74) is 2.06. The lowest BCUT2D eigenvalue weighted by Crippen LogP contribution is -2.58. The lowest BCUT2D eigenvalue weighted by molar-refractivity contribution is -0.165. The van der Waals surface area contributed by atoms with Crippen molar-refractivity contribution in [1.82, 2.24) is 9.36 Å². The van der Waals surface area contributed by atoms with E-state index in [9.17, 15) is 9.59 Å². The Kier molecular flexibility index (Phi) is 3.78. The minimum atomic E-state index is -0.324. The van der Waals surface area contributed by atoms with Crippen LogP contribution in [0.3, 0.4) is 0 Å². The number of rotatable bonds is 3. The van der Waals surface area contributed by atoms with Gasteiger partial charge in [0.05, 0.1) is 16.8 Å². The largest absolute Gasteiger partial charge is 0.319 e. The summed E-state index contributed by atoms with van der Waals surface area (Å²) in [6, 6.07) is 9.58. The monoisotopic (exact) mass is 393 g/mol. The fourth-order valence-electron chi connectivity index (χ4n) is 7.66. The van der Waals surface area contributed by atoms with Crippen LogP contribution in [0.25, 0.3) is 5.69 Å². The van der Waals surface area contributed by atoms with Crippen LogP contribution in [0.1, 0.15) is 58.1 Å². The number of benzene rings is 1. The Bertz CT molecular complexity index is 1030. The topological polar surface area (TPSA) is 56.0 Å². The molecule has 0 saturated heterocycles. The van der Waals surface area contributed by atoms with Gasteiger partial charge >= 0.3 is 0 Å². The van der Waals surface area contributed by atoms with Crippen LogP contribution in [-0.2, 0) is 11.8 Å². The molecule has 5 heteroatoms. The second-order valence-electron chi connectivity index (χ2n) is 10.8. The Morgan fingerprint density at radius 1 is 1.03 bits per heavy atom. The molecule has 154 valence electrons. The minimum Gasteiger partial charge on any atom is -0.319 e. The Balaban J connectivity index is 1.50. The number of carbonyl (C=O) groups excluding carboxylic acids is 1. The van der Waals surface area contributed by atoms with Gasteiger partial charge in [-0.25, -0.2) is 4.68 Å². The summed E-state index contributed by atoms with van der Waals surface area (Å²) >= 11 is 0. The molecule has 1 heterocycles. The molecule has 4 saturated carbocycles. The van der Waals surface area contributed by atoms with Crippen LogP contribution in [-0.4, -0.2) is 15.3 Å². The fourth-order valence-corrected chi connectivity index (χ4v) is 7.66. The van der Waals surface area contributed by atoms with Gasteiger partial charge in [0.15, 0.2) is 0 Å². The smallest absolute Gasteiger partial charge is 0.295 e. The van der Waals surface area contributed by atoms with E-state index in [0.29, 0.717) is 11.6 Å². The maximum Gasteiger partial charge on any atom is 0.295 e. The molecule has 29 heavy (non-hydrogen) atoms. The van der Waals surface area contributed by atoms with Crippen LogP contribution in [0, 0.1) is 29.1 Å². The first kappa shape index (κ1) is 18.7. The van der Waals surface area contributed by atoms with Crippen molar-refractivity contribution in [1.29, 1.82) is 0 Å². The maximum absolute atomic E-state index is 13.6. The molecule has 1 amide bonds. The lowest BCUT2D eigenvalue weighted by atomic mass is 9.40. The summed E-state index contributed by atoms with van der Waals surface area (Å²) in [5.74, 6) is 0.704. The number of nitrogens with one attached hydrogen (secondary N) is 1. The predicted molar refractivity (Wildman–Crippen MR) is 114 cm³/mol. The number of aromatic nitrogens is 2. The summed E-state index contributed by atoms with van der Waals surface area (Å²) in [5, 5.41) is 3.11. The molecule has 2 unspecified atom stereocenters. The van der Waals surface area contributed by atoms with Gasteiger partial charge in [0, 0.05) is 7.05 Å². The standard InChI is InChI=1S/C24H31N3O2/c1-16-19(20(28)27(26(16)4)18-8-6-5-7-9-18)25-21(29)24-12-17-10-22(2,14-24)13-23(3,11-17)15-24/h5-9,17H,10-15H2,1-4H3,(H,25,29). The Hall–Kier alpha value is -2.30. The van der Waals surface area contributed by atoms with E-state index in [1.807, 2.05) is 49.0 Å². The van der Waals surface area contributed by atoms with Gasteiger partial charge in [0.1, 0.15) is 5.69 Å². The van der Waals surface area contributed by atoms with Crippen LogP contribution >= 0.6 is 0 Å². The summed E-state index contributed by atoms with van der Waals surface area (Å²) < 4.78 is 3.46. The maximum atomic E-state index is 13.6. The molecule has 1 aromatic heterocycles. The second-order valence-corrected chi connectivity index (χ2v) is 10.8. The third-order valence-corrected chi connectivity index (χ3v) is 7.90. The van der Waals surface area contributed by atoms with Crippen molar-refractivity contribution in [2.75, 3.05) is 5.32 Å². The molecule has 4 aliphatic rings. The first-order valence-electron chi connectivity index (χ1n) is 10.8. The van der Waals surface area contributed by atoms with Gasteiger partial charge in [0.25, 0.3) is 5.56 Å². The van der Waals surface area contributed by atoms with Gasteiger partial charge in [-0.15, -0.1) is 0 Å². The molecule has 1 aromatic carbocycles. The third-order valence-electron chi connectivity index (χ3n) is 7.90. The molecule has 4 aliphatic carbocycles. The van der Waals surface area contributed by atoms with E-state index in [1.165, 1.54) is 19.3 Å². The van der Waals surface area contributed by atoms with Gasteiger partial charge in [-0.2, -0.15) is 0 Å². The van der Waals surface area contributed by atoms with Gasteiger partial charge in [-0.1, -0.05) is 32.0 Å². The summed E-state index contributed by atoms with van der Waals surface area (Å²) in [7, 11) is 1.87. The third kappa shape index (κ3) is 2.73. The average Bonchev–Trinajstić information content (AvgIpc) is 2.83. The van der Waals surface area contributed by atoms with Crippen LogP contribution in [0.5, 0.6) is 0 Å². The van der Waals surface area contributed by atoms with Gasteiger partial charge in [-0.05, 0) is 74.3 Å². The van der Waals surface area contributed by atoms with Crippen molar-refractivity contribution in [3.8, 4) is 5.69 Å². The molecule has 2 aromatic rings. The SMILES string of the molecule is Cc1c(NC(=O)C23CC4CC(C)(CC(C)(C4)C2)C3)c(=O)n(-c2ccccc2)n1C. The average molecular weight is 394 g/mol. The highest BCUT2D eigenvalue weighted by Crippen LogP contribution is 2.69. The Morgan fingerprint density at radius 3 is 2.24 bits per heavy atom. The molecule has 6 rings (SSSR count). The zero-order chi connectivity index (χ0) is 20.6. The van der Waals surface area contributed by atoms with E-state index in [4.69, 9.17) is 0 Å². The first-order valence-corrected chi connectivity index (χ1v) is 10.8. The quantitative estimate of drug-likeness (QED) is 0.839. The summed E-state index contributed by atoms with van der Waals surface area (Å²) in [4.78, 5) is 26.9. The Labute approximate surface area is 172 Å². The van der Waals surface area contributed by atoms with Crippen LogP contribution in [0.4, 0.5) is 5.69 Å². The minimum absolute atomic E-state index is 0.0602. The molecule has 0 spiro atoms. The van der Waals surface area contributed by atoms with Crippen molar-refractivity contribution in [2.45, 2.75) is 59.3 Å². The number of hydrogen-bond donors (Lipinski definition) is 1. The van der Waals surface area contributed by atoms with E-state index in [2.05, 4.69) is 19.2 Å². The normalized spacial score (nSPS) is 35.1. The number of nitrogens with zero attached hydrogens (tertiary/aromatic N) is 2. The lowest BCUT2D eigenvalue weighted by Gasteiger charge is -2.64. The van der Waals surface area contributed by atoms with Crippen LogP contribution in [0.15, 0.2) is 35.1 Å². The highest BCUT2D eigenvalue weighted by molar-refractivity contribution is 5.96. The van der Waals surface area contributed by atoms with Crippen molar-refractivity contribution in [2.24, 2.45) is 29.2 Å². The molecule has 4 bridgehead atoms. The Morgan fingerprint density at radius 2 is 1.66 bits per heavy atom. The van der Waals surface area contributed by atoms with Crippen molar-refractivity contribution in [3.05, 3.63) is 46.4 Å². The van der Waals surface area contributed by atoms with Crippen molar-refractivity contribution < 1.29 is 4.79 Å². The van der Waals surface area contributed by atoms with Gasteiger partial charge in [0.2, 0.25) is 5.91 Å². The predicted octanol–water partition coefficient (Wildman–Crippen LogP) is 4.42.